The minimum Gasteiger partial charge on any atom is -0.506 e. The standard InChI is InChI=1S/C34H56N4O8/c1-10-20(4)30(37(7)33(42)21(5)19(2)3)28(45-8)18-29(40)38-15-11-12-26(38)31(46-9)22(6)32(41)36-25(34(43)44)17-23-13-14-27(39)24(35)16-23/h13-14,16,19-22,25-26,28,30-31,39H,10-12,15,17-18,35H2,1-9H3,(H,36,41)(H,43,44)/t20?,21-,22+,25-,26-,28?,30-,31+/m0/s1. The van der Waals surface area contributed by atoms with E-state index in [2.05, 4.69) is 19.2 Å². The number of phenolic OH excluding ortho intramolecular Hbond substituents is 1. The molecule has 46 heavy (non-hydrogen) atoms. The van der Waals surface area contributed by atoms with Gasteiger partial charge in [-0.25, -0.2) is 4.79 Å². The molecule has 5 N–H and O–H groups in total. The number of amides is 3. The van der Waals surface area contributed by atoms with Crippen LogP contribution in [-0.4, -0.2) is 102 Å². The van der Waals surface area contributed by atoms with Crippen molar-refractivity contribution in [1.29, 1.82) is 0 Å². The largest absolute Gasteiger partial charge is 0.506 e. The summed E-state index contributed by atoms with van der Waals surface area (Å²) in [5, 5.41) is 22.1. The summed E-state index contributed by atoms with van der Waals surface area (Å²) in [7, 11) is 4.83. The summed E-state index contributed by atoms with van der Waals surface area (Å²) in [6.07, 6.45) is 0.941. The number of phenols is 1. The van der Waals surface area contributed by atoms with Crippen LogP contribution in [0.1, 0.15) is 72.8 Å². The van der Waals surface area contributed by atoms with Crippen LogP contribution in [0.4, 0.5) is 5.69 Å². The van der Waals surface area contributed by atoms with Gasteiger partial charge in [0.15, 0.2) is 0 Å². The highest BCUT2D eigenvalue weighted by molar-refractivity contribution is 5.85. The molecule has 1 aliphatic heterocycles. The molecular weight excluding hydrogens is 592 g/mol. The predicted molar refractivity (Wildman–Crippen MR) is 176 cm³/mol. The van der Waals surface area contributed by atoms with Crippen molar-refractivity contribution in [2.75, 3.05) is 33.5 Å². The third kappa shape index (κ3) is 9.57. The Labute approximate surface area is 274 Å². The number of nitrogens with zero attached hydrogens (tertiary/aromatic N) is 2. The smallest absolute Gasteiger partial charge is 0.326 e. The Morgan fingerprint density at radius 1 is 1.09 bits per heavy atom. The average Bonchev–Trinajstić information content (AvgIpc) is 3.50. The lowest BCUT2D eigenvalue weighted by molar-refractivity contribution is -0.148. The zero-order valence-corrected chi connectivity index (χ0v) is 29.0. The fourth-order valence-corrected chi connectivity index (χ4v) is 6.38. The van der Waals surface area contributed by atoms with Crippen molar-refractivity contribution < 1.29 is 38.9 Å². The highest BCUT2D eigenvalue weighted by Gasteiger charge is 2.42. The number of methoxy groups -OCH3 is 2. The molecule has 1 saturated heterocycles. The Hall–Kier alpha value is -3.38. The predicted octanol–water partition coefficient (Wildman–Crippen LogP) is 3.30. The highest BCUT2D eigenvalue weighted by atomic mass is 16.5. The molecule has 1 aromatic rings. The number of ether oxygens (including phenoxy) is 2. The summed E-state index contributed by atoms with van der Waals surface area (Å²) in [5.74, 6) is -2.68. The second-order valence-electron chi connectivity index (χ2n) is 13.1. The number of nitrogens with two attached hydrogens (primary N) is 1. The third-order valence-corrected chi connectivity index (χ3v) is 9.79. The van der Waals surface area contributed by atoms with Gasteiger partial charge in [-0.15, -0.1) is 0 Å². The Morgan fingerprint density at radius 2 is 1.74 bits per heavy atom. The van der Waals surface area contributed by atoms with E-state index in [4.69, 9.17) is 15.2 Å². The lowest BCUT2D eigenvalue weighted by atomic mass is 9.88. The topological polar surface area (TPSA) is 172 Å². The monoisotopic (exact) mass is 648 g/mol. The molecule has 1 heterocycles. The number of carboxylic acid groups (broad SMARTS) is 1. The number of nitrogens with one attached hydrogen (secondary N) is 1. The van der Waals surface area contributed by atoms with E-state index in [-0.39, 0.29) is 59.9 Å². The van der Waals surface area contributed by atoms with E-state index < -0.39 is 42.1 Å². The van der Waals surface area contributed by atoms with Gasteiger partial charge in [0.1, 0.15) is 11.8 Å². The van der Waals surface area contributed by atoms with E-state index in [9.17, 15) is 29.4 Å². The molecule has 2 unspecified atom stereocenters. The van der Waals surface area contributed by atoms with Gasteiger partial charge in [-0.3, -0.25) is 14.4 Å². The molecule has 12 nitrogen and oxygen atoms in total. The molecule has 2 rings (SSSR count). The van der Waals surface area contributed by atoms with Gasteiger partial charge in [0.25, 0.3) is 0 Å². The van der Waals surface area contributed by atoms with Crippen LogP contribution in [0, 0.1) is 23.7 Å². The van der Waals surface area contributed by atoms with Crippen molar-refractivity contribution in [3.8, 4) is 5.75 Å². The Balaban J connectivity index is 2.21. The van der Waals surface area contributed by atoms with Crippen molar-refractivity contribution in [1.82, 2.24) is 15.1 Å². The van der Waals surface area contributed by atoms with Crippen LogP contribution in [-0.2, 0) is 35.1 Å². The van der Waals surface area contributed by atoms with E-state index in [1.165, 1.54) is 19.2 Å². The SMILES string of the molecule is CCC(C)[C@@H](C(CC(=O)N1CCC[C@H]1[C@H](OC)[C@@H](C)C(=O)N[C@@H](Cc1ccc(O)c(N)c1)C(=O)O)OC)N(C)C(=O)[C@@H](C)C(C)C. The lowest BCUT2D eigenvalue weighted by Gasteiger charge is -2.40. The summed E-state index contributed by atoms with van der Waals surface area (Å²) < 4.78 is 11.7. The summed E-state index contributed by atoms with van der Waals surface area (Å²) in [6, 6.07) is 2.44. The average molecular weight is 649 g/mol. The first-order valence-corrected chi connectivity index (χ1v) is 16.3. The first kappa shape index (κ1) is 38.8. The van der Waals surface area contributed by atoms with Crippen LogP contribution in [0.3, 0.4) is 0 Å². The molecule has 0 spiro atoms. The number of anilines is 1. The number of benzene rings is 1. The molecule has 12 heteroatoms. The number of likely N-dealkylation sites (tertiary alicyclic amines) is 1. The first-order valence-electron chi connectivity index (χ1n) is 16.3. The lowest BCUT2D eigenvalue weighted by Crippen LogP contribution is -2.54. The second kappa shape index (κ2) is 17.5. The van der Waals surface area contributed by atoms with Gasteiger partial charge >= 0.3 is 5.97 Å². The second-order valence-corrected chi connectivity index (χ2v) is 13.1. The third-order valence-electron chi connectivity index (χ3n) is 9.79. The van der Waals surface area contributed by atoms with E-state index in [0.717, 1.165) is 12.8 Å². The van der Waals surface area contributed by atoms with E-state index in [1.54, 1.807) is 36.9 Å². The van der Waals surface area contributed by atoms with Gasteiger partial charge < -0.3 is 40.5 Å². The zero-order chi connectivity index (χ0) is 34.9. The van der Waals surface area contributed by atoms with Crippen molar-refractivity contribution in [3.63, 3.8) is 0 Å². The quantitative estimate of drug-likeness (QED) is 0.146. The minimum absolute atomic E-state index is 0.0154. The van der Waals surface area contributed by atoms with E-state index in [1.807, 2.05) is 20.8 Å². The normalized spacial score (nSPS) is 19.5. The zero-order valence-electron chi connectivity index (χ0n) is 29.0. The summed E-state index contributed by atoms with van der Waals surface area (Å²) in [6.45, 7) is 12.2. The Kier molecular flexibility index (Phi) is 14.8. The molecule has 0 saturated carbocycles. The number of carbonyl (C=O) groups excluding carboxylic acids is 3. The summed E-state index contributed by atoms with van der Waals surface area (Å²) >= 11 is 0. The van der Waals surface area contributed by atoms with Crippen LogP contribution in [0.2, 0.25) is 0 Å². The molecule has 3 amide bonds. The molecule has 0 radical (unpaired) electrons. The van der Waals surface area contributed by atoms with Crippen molar-refractivity contribution >= 4 is 29.4 Å². The molecule has 1 aliphatic rings. The minimum atomic E-state index is -1.24. The number of likely N-dealkylation sites (N-methyl/N-ethyl adjacent to an activating group) is 1. The van der Waals surface area contributed by atoms with Crippen molar-refractivity contribution in [3.05, 3.63) is 23.8 Å². The van der Waals surface area contributed by atoms with Crippen LogP contribution in [0.15, 0.2) is 18.2 Å². The Morgan fingerprint density at radius 3 is 2.26 bits per heavy atom. The molecule has 1 fully saturated rings. The maximum absolute atomic E-state index is 13.9. The number of nitrogen functional groups attached to an aromatic ring is 1. The van der Waals surface area contributed by atoms with Gasteiger partial charge in [0.2, 0.25) is 17.7 Å². The number of carboxylic acids is 1. The fraction of sp³-hybridized carbons (Fsp3) is 0.706. The number of rotatable bonds is 17. The van der Waals surface area contributed by atoms with E-state index >= 15 is 0 Å². The van der Waals surface area contributed by atoms with Crippen LogP contribution >= 0.6 is 0 Å². The Bertz CT molecular complexity index is 1190. The van der Waals surface area contributed by atoms with Crippen LogP contribution in [0.5, 0.6) is 5.75 Å². The number of aliphatic carboxylic acids is 1. The highest BCUT2D eigenvalue weighted by Crippen LogP contribution is 2.30. The summed E-state index contributed by atoms with van der Waals surface area (Å²) in [4.78, 5) is 56.2. The molecule has 0 aromatic heterocycles. The number of aromatic hydroxyl groups is 1. The number of carbonyl (C=O) groups is 4. The first-order chi connectivity index (χ1) is 21.6. The van der Waals surface area contributed by atoms with Gasteiger partial charge in [0, 0.05) is 40.2 Å². The van der Waals surface area contributed by atoms with E-state index in [0.29, 0.717) is 18.5 Å². The molecule has 0 aliphatic carbocycles. The number of hydrogen-bond acceptors (Lipinski definition) is 8. The van der Waals surface area contributed by atoms with Crippen molar-refractivity contribution in [2.45, 2.75) is 104 Å². The maximum Gasteiger partial charge on any atom is 0.326 e. The van der Waals surface area contributed by atoms with Gasteiger partial charge in [-0.2, -0.15) is 0 Å². The molecule has 8 atom stereocenters. The van der Waals surface area contributed by atoms with Crippen molar-refractivity contribution in [2.24, 2.45) is 23.7 Å². The van der Waals surface area contributed by atoms with Crippen LogP contribution in [0.25, 0.3) is 0 Å². The number of hydrogen-bond donors (Lipinski definition) is 4. The maximum atomic E-state index is 13.9. The molecular formula is C34H56N4O8. The molecule has 1 aromatic carbocycles. The van der Waals surface area contributed by atoms with Gasteiger partial charge in [0.05, 0.1) is 42.3 Å². The van der Waals surface area contributed by atoms with Gasteiger partial charge in [-0.05, 0) is 42.4 Å². The van der Waals surface area contributed by atoms with Crippen LogP contribution < -0.4 is 11.1 Å². The summed E-state index contributed by atoms with van der Waals surface area (Å²) in [5.41, 5.74) is 6.41. The van der Waals surface area contributed by atoms with Gasteiger partial charge in [-0.1, -0.05) is 54.0 Å². The molecule has 0 bridgehead atoms. The molecule has 260 valence electrons. The fourth-order valence-electron chi connectivity index (χ4n) is 6.38.